The number of anilines is 2. The molecule has 0 aliphatic carbocycles. The van der Waals surface area contributed by atoms with Gasteiger partial charge in [-0.25, -0.2) is 0 Å². The van der Waals surface area contributed by atoms with Gasteiger partial charge in [-0.2, -0.15) is 10.5 Å². The van der Waals surface area contributed by atoms with Crippen molar-refractivity contribution in [2.45, 2.75) is 24.8 Å². The van der Waals surface area contributed by atoms with E-state index in [9.17, 15) is 15.2 Å². The molecule has 0 fully saturated rings. The summed E-state index contributed by atoms with van der Waals surface area (Å²) < 4.78 is 0. The van der Waals surface area contributed by atoms with Gasteiger partial charge >= 0.3 is 0 Å². The molecule has 0 radical (unpaired) electrons. The lowest BCUT2D eigenvalue weighted by atomic mass is 9.89. The Kier molecular flexibility index (Phi) is 8.30. The minimum Gasteiger partial charge on any atom is -0.374 e. The fourth-order valence-corrected chi connectivity index (χ4v) is 4.55. The molecule has 36 heavy (non-hydrogen) atoms. The molecule has 0 saturated carbocycles. The fourth-order valence-electron chi connectivity index (χ4n) is 3.79. The molecule has 2 unspecified atom stereocenters. The van der Waals surface area contributed by atoms with Gasteiger partial charge in [-0.15, -0.1) is 0 Å². The number of aliphatic hydroxyl groups is 1. The Hall–Kier alpha value is -3.52. The van der Waals surface area contributed by atoms with Crippen LogP contribution in [0.2, 0.25) is 10.0 Å². The number of nitriles is 2. The number of aryl methyl sites for hydroxylation is 1. The van der Waals surface area contributed by atoms with E-state index in [4.69, 9.17) is 40.1 Å². The van der Waals surface area contributed by atoms with Crippen molar-refractivity contribution in [3.05, 3.63) is 105 Å². The van der Waals surface area contributed by atoms with Gasteiger partial charge in [-0.05, 0) is 73.5 Å². The maximum absolute atomic E-state index is 13.0. The Morgan fingerprint density at radius 1 is 1.06 bits per heavy atom. The second-order valence-corrected chi connectivity index (χ2v) is 9.91. The zero-order valence-electron chi connectivity index (χ0n) is 19.4. The molecule has 182 valence electrons. The fraction of sp³-hybridized carbons (Fsp3) is 0.148. The smallest absolute Gasteiger partial charge is 0.257 e. The summed E-state index contributed by atoms with van der Waals surface area (Å²) in [5, 5.41) is 33.8. The van der Waals surface area contributed by atoms with Crippen LogP contribution in [-0.2, 0) is 0 Å². The molecule has 0 saturated heterocycles. The van der Waals surface area contributed by atoms with Gasteiger partial charge in [0.25, 0.3) is 5.91 Å². The van der Waals surface area contributed by atoms with Crippen molar-refractivity contribution >= 4 is 52.1 Å². The minimum atomic E-state index is -1.70. The van der Waals surface area contributed by atoms with Crippen LogP contribution in [0.4, 0.5) is 11.4 Å². The van der Waals surface area contributed by atoms with Crippen LogP contribution in [0.3, 0.4) is 0 Å². The molecule has 0 aromatic heterocycles. The van der Waals surface area contributed by atoms with Crippen molar-refractivity contribution in [1.82, 2.24) is 0 Å². The van der Waals surface area contributed by atoms with E-state index in [0.29, 0.717) is 27.5 Å². The second-order valence-electron chi connectivity index (χ2n) is 8.30. The van der Waals surface area contributed by atoms with Crippen LogP contribution in [0.25, 0.3) is 0 Å². The molecule has 0 aliphatic rings. The van der Waals surface area contributed by atoms with Crippen molar-refractivity contribution in [3.8, 4) is 12.1 Å². The minimum absolute atomic E-state index is 0.135. The molecule has 1 amide bonds. The lowest BCUT2D eigenvalue weighted by molar-refractivity contribution is 0.102. The topological polar surface area (TPSA) is 109 Å². The summed E-state index contributed by atoms with van der Waals surface area (Å²) in [6.07, 6.45) is 0. The maximum atomic E-state index is 13.0. The predicted octanol–water partition coefficient (Wildman–Crippen LogP) is 6.95. The van der Waals surface area contributed by atoms with Gasteiger partial charge in [0, 0.05) is 16.4 Å². The average molecular weight is 540 g/mol. The first-order chi connectivity index (χ1) is 16.9. The summed E-state index contributed by atoms with van der Waals surface area (Å²) >= 11 is 18.8. The first kappa shape index (κ1) is 27.1. The van der Waals surface area contributed by atoms with E-state index in [-0.39, 0.29) is 21.8 Å². The number of carbonyl (C=O) groups excluding carboxylic acids is 1. The highest BCUT2D eigenvalue weighted by Crippen LogP contribution is 2.39. The lowest BCUT2D eigenvalue weighted by Crippen LogP contribution is -2.30. The number of hydrogen-bond acceptors (Lipinski definition) is 5. The monoisotopic (exact) mass is 538 g/mol. The maximum Gasteiger partial charge on any atom is 0.257 e. The Balaban J connectivity index is 1.89. The third kappa shape index (κ3) is 6.37. The van der Waals surface area contributed by atoms with E-state index in [1.54, 1.807) is 18.2 Å². The number of nitrogens with zero attached hydrogens (tertiary/aromatic N) is 2. The van der Waals surface area contributed by atoms with E-state index in [1.807, 2.05) is 25.1 Å². The first-order valence-corrected chi connectivity index (χ1v) is 11.8. The molecule has 0 spiro atoms. The third-order valence-corrected chi connectivity index (χ3v) is 6.07. The van der Waals surface area contributed by atoms with Gasteiger partial charge < -0.3 is 15.7 Å². The Bertz CT molecular complexity index is 1410. The highest BCUT2D eigenvalue weighted by atomic mass is 35.5. The molecule has 3 rings (SSSR count). The van der Waals surface area contributed by atoms with Crippen LogP contribution in [0.15, 0.2) is 66.9 Å². The summed E-state index contributed by atoms with van der Waals surface area (Å²) in [6, 6.07) is 18.3. The lowest BCUT2D eigenvalue weighted by Gasteiger charge is -2.30. The number of hydrogen-bond donors (Lipinski definition) is 3. The number of alkyl halides is 1. The SMILES string of the molecule is C=C(Nc1ccc(Cl)c(C(=O)Nc2ccc(C#N)cc2C#N)c1)C(c1cc(C)cc(Cl)c1)C(C)(O)Cl. The Morgan fingerprint density at radius 2 is 1.78 bits per heavy atom. The molecular weight excluding hydrogens is 519 g/mol. The molecule has 3 N–H and O–H groups in total. The Morgan fingerprint density at radius 3 is 2.39 bits per heavy atom. The molecule has 0 aliphatic heterocycles. The van der Waals surface area contributed by atoms with E-state index >= 15 is 0 Å². The summed E-state index contributed by atoms with van der Waals surface area (Å²) in [6.45, 7) is 7.39. The van der Waals surface area contributed by atoms with Gasteiger partial charge in [0.1, 0.15) is 11.1 Å². The van der Waals surface area contributed by atoms with Gasteiger partial charge in [0.15, 0.2) is 0 Å². The van der Waals surface area contributed by atoms with Crippen LogP contribution in [0, 0.1) is 29.6 Å². The number of amides is 1. The highest BCUT2D eigenvalue weighted by Gasteiger charge is 2.34. The van der Waals surface area contributed by atoms with Gasteiger partial charge in [-0.3, -0.25) is 4.79 Å². The molecule has 3 aromatic carbocycles. The van der Waals surface area contributed by atoms with Crippen molar-refractivity contribution in [2.24, 2.45) is 0 Å². The second kappa shape index (κ2) is 11.0. The number of halogens is 3. The van der Waals surface area contributed by atoms with Crippen LogP contribution in [-0.4, -0.2) is 16.1 Å². The van der Waals surface area contributed by atoms with Crippen molar-refractivity contribution in [2.75, 3.05) is 10.6 Å². The van der Waals surface area contributed by atoms with E-state index in [1.165, 1.54) is 37.3 Å². The van der Waals surface area contributed by atoms with Gasteiger partial charge in [0.2, 0.25) is 0 Å². The van der Waals surface area contributed by atoms with Crippen LogP contribution in [0.1, 0.15) is 45.5 Å². The zero-order valence-corrected chi connectivity index (χ0v) is 21.6. The number of nitrogens with one attached hydrogen (secondary N) is 2. The van der Waals surface area contributed by atoms with Crippen molar-refractivity contribution < 1.29 is 9.90 Å². The third-order valence-electron chi connectivity index (χ3n) is 5.31. The molecule has 0 bridgehead atoms. The quantitative estimate of drug-likeness (QED) is 0.281. The molecular formula is C27H21Cl3N4O2. The summed E-state index contributed by atoms with van der Waals surface area (Å²) in [5.74, 6) is -1.30. The molecule has 3 aromatic rings. The highest BCUT2D eigenvalue weighted by molar-refractivity contribution is 6.34. The van der Waals surface area contributed by atoms with Crippen LogP contribution in [0.5, 0.6) is 0 Å². The number of rotatable bonds is 7. The predicted molar refractivity (Wildman–Crippen MR) is 143 cm³/mol. The summed E-state index contributed by atoms with van der Waals surface area (Å²) in [5.41, 5.74) is 3.21. The molecule has 9 heteroatoms. The normalized spacial score (nSPS) is 13.0. The van der Waals surface area contributed by atoms with Crippen molar-refractivity contribution in [3.63, 3.8) is 0 Å². The molecule has 2 atom stereocenters. The summed E-state index contributed by atoms with van der Waals surface area (Å²) in [4.78, 5) is 13.0. The molecule has 6 nitrogen and oxygen atoms in total. The zero-order chi connectivity index (χ0) is 26.6. The largest absolute Gasteiger partial charge is 0.374 e. The van der Waals surface area contributed by atoms with Crippen LogP contribution >= 0.6 is 34.8 Å². The molecule has 0 heterocycles. The van der Waals surface area contributed by atoms with E-state index in [0.717, 1.165) is 5.56 Å². The average Bonchev–Trinajstić information content (AvgIpc) is 2.79. The first-order valence-electron chi connectivity index (χ1n) is 10.6. The van der Waals surface area contributed by atoms with Gasteiger partial charge in [-0.1, -0.05) is 47.4 Å². The van der Waals surface area contributed by atoms with E-state index in [2.05, 4.69) is 17.2 Å². The van der Waals surface area contributed by atoms with Crippen LogP contribution < -0.4 is 10.6 Å². The Labute approximate surface area is 224 Å². The van der Waals surface area contributed by atoms with E-state index < -0.39 is 16.9 Å². The number of carbonyl (C=O) groups is 1. The number of benzene rings is 3. The van der Waals surface area contributed by atoms with Crippen molar-refractivity contribution in [1.29, 1.82) is 10.5 Å². The van der Waals surface area contributed by atoms with Gasteiger partial charge in [0.05, 0.1) is 39.4 Å². The standard InChI is InChI=1S/C27H21Cl3N4O2/c1-15-8-18(11-20(28)9-15)25(27(3,30)36)16(2)33-21-5-6-23(29)22(12-21)26(35)34-24-7-4-17(13-31)10-19(24)14-32/h4-12,25,33,36H,2H2,1,3H3,(H,34,35). The summed E-state index contributed by atoms with van der Waals surface area (Å²) in [7, 11) is 0.